The fourth-order valence-electron chi connectivity index (χ4n) is 2.84. The Balaban J connectivity index is 2.07. The maximum absolute atomic E-state index is 10.7. The van der Waals surface area contributed by atoms with E-state index in [0.29, 0.717) is 6.42 Å². The molecule has 1 aromatic heterocycles. The van der Waals surface area contributed by atoms with Crippen LogP contribution in [-0.2, 0) is 17.7 Å². The molecule has 1 saturated heterocycles. The van der Waals surface area contributed by atoms with Crippen LogP contribution in [0.5, 0.6) is 0 Å². The molecule has 0 radical (unpaired) electrons. The lowest BCUT2D eigenvalue weighted by Gasteiger charge is -2.43. The normalized spacial score (nSPS) is 19.2. The number of aliphatic hydroxyl groups excluding tert-OH is 1. The van der Waals surface area contributed by atoms with Crippen LogP contribution in [0.4, 0.5) is 0 Å². The predicted octanol–water partition coefficient (Wildman–Crippen LogP) is 1.23. The lowest BCUT2D eigenvalue weighted by atomic mass is 9.91. The smallest absolute Gasteiger partial charge is 0.0773 e. The third kappa shape index (κ3) is 3.22. The van der Waals surface area contributed by atoms with Crippen LogP contribution < -0.4 is 0 Å². The highest BCUT2D eigenvalue weighted by molar-refractivity contribution is 5.11. The van der Waals surface area contributed by atoms with E-state index in [1.165, 1.54) is 0 Å². The Bertz CT molecular complexity index is 436. The minimum absolute atomic E-state index is 0.249. The zero-order chi connectivity index (χ0) is 14.8. The molecule has 0 bridgehead atoms. The zero-order valence-electron chi connectivity index (χ0n) is 13.1. The first-order valence-electron chi connectivity index (χ1n) is 7.49. The molecule has 114 valence electrons. The van der Waals surface area contributed by atoms with E-state index >= 15 is 0 Å². The predicted molar refractivity (Wildman–Crippen MR) is 78.8 cm³/mol. The van der Waals surface area contributed by atoms with Crippen molar-refractivity contribution < 1.29 is 9.84 Å². The molecule has 1 aromatic rings. The van der Waals surface area contributed by atoms with Crippen LogP contribution in [-0.4, -0.2) is 57.7 Å². The van der Waals surface area contributed by atoms with Crippen molar-refractivity contribution in [1.29, 1.82) is 0 Å². The fraction of sp³-hybridized carbons (Fsp3) is 0.800. The van der Waals surface area contributed by atoms with Gasteiger partial charge in [-0.25, -0.2) is 0 Å². The van der Waals surface area contributed by atoms with Gasteiger partial charge in [0.2, 0.25) is 0 Å². The number of hydrogen-bond acceptors (Lipinski definition) is 4. The quantitative estimate of drug-likeness (QED) is 0.882. The summed E-state index contributed by atoms with van der Waals surface area (Å²) < 4.78 is 7.38. The first kappa shape index (κ1) is 15.5. The molecule has 0 saturated carbocycles. The van der Waals surface area contributed by atoms with Crippen molar-refractivity contribution in [2.45, 2.75) is 52.3 Å². The van der Waals surface area contributed by atoms with Crippen molar-refractivity contribution in [2.75, 3.05) is 26.3 Å². The standard InChI is InChI=1S/C15H27N3O2/c1-5-18-13(10-12(2)16-18)11-14(19)15(3,4)17-6-8-20-9-7-17/h10,14,19H,5-9,11H2,1-4H3. The molecule has 2 heterocycles. The molecule has 1 unspecified atom stereocenters. The summed E-state index contributed by atoms with van der Waals surface area (Å²) in [5.74, 6) is 0. The summed E-state index contributed by atoms with van der Waals surface area (Å²) in [4.78, 5) is 2.32. The van der Waals surface area contributed by atoms with Crippen molar-refractivity contribution in [2.24, 2.45) is 0 Å². The van der Waals surface area contributed by atoms with Gasteiger partial charge in [-0.3, -0.25) is 9.58 Å². The Hall–Kier alpha value is -0.910. The van der Waals surface area contributed by atoms with Crippen LogP contribution in [0.25, 0.3) is 0 Å². The minimum Gasteiger partial charge on any atom is -0.391 e. The van der Waals surface area contributed by atoms with Crippen LogP contribution in [0.3, 0.4) is 0 Å². The number of aromatic nitrogens is 2. The average molecular weight is 281 g/mol. The van der Waals surface area contributed by atoms with Gasteiger partial charge in [0, 0.05) is 37.3 Å². The van der Waals surface area contributed by atoms with Gasteiger partial charge in [-0.15, -0.1) is 0 Å². The molecular formula is C15H27N3O2. The lowest BCUT2D eigenvalue weighted by molar-refractivity contribution is -0.0616. The molecule has 0 aromatic carbocycles. The Morgan fingerprint density at radius 2 is 2.05 bits per heavy atom. The second kappa shape index (κ2) is 6.24. The van der Waals surface area contributed by atoms with E-state index in [2.05, 4.69) is 36.8 Å². The molecule has 1 fully saturated rings. The molecule has 1 N–H and O–H groups in total. The second-order valence-corrected chi connectivity index (χ2v) is 6.07. The highest BCUT2D eigenvalue weighted by Gasteiger charge is 2.35. The van der Waals surface area contributed by atoms with Gasteiger partial charge in [-0.1, -0.05) is 0 Å². The number of aryl methyl sites for hydroxylation is 2. The molecule has 1 aliphatic heterocycles. The molecule has 0 spiro atoms. The number of aliphatic hydroxyl groups is 1. The Morgan fingerprint density at radius 1 is 1.40 bits per heavy atom. The number of morpholine rings is 1. The van der Waals surface area contributed by atoms with Crippen molar-refractivity contribution in [1.82, 2.24) is 14.7 Å². The van der Waals surface area contributed by atoms with Crippen LogP contribution in [0.2, 0.25) is 0 Å². The summed E-state index contributed by atoms with van der Waals surface area (Å²) in [5, 5.41) is 15.1. The summed E-state index contributed by atoms with van der Waals surface area (Å²) >= 11 is 0. The van der Waals surface area contributed by atoms with E-state index in [1.807, 2.05) is 11.6 Å². The lowest BCUT2D eigenvalue weighted by Crippen LogP contribution is -2.56. The number of ether oxygens (including phenoxy) is 1. The van der Waals surface area contributed by atoms with Crippen LogP contribution in [0, 0.1) is 6.92 Å². The van der Waals surface area contributed by atoms with E-state index in [9.17, 15) is 5.11 Å². The van der Waals surface area contributed by atoms with Gasteiger partial charge in [0.1, 0.15) is 0 Å². The average Bonchev–Trinajstić information content (AvgIpc) is 2.79. The fourth-order valence-corrected chi connectivity index (χ4v) is 2.84. The van der Waals surface area contributed by atoms with E-state index < -0.39 is 6.10 Å². The Labute approximate surface area is 121 Å². The monoisotopic (exact) mass is 281 g/mol. The van der Waals surface area contributed by atoms with Gasteiger partial charge in [-0.2, -0.15) is 5.10 Å². The molecule has 20 heavy (non-hydrogen) atoms. The van der Waals surface area contributed by atoms with Crippen molar-refractivity contribution in [3.63, 3.8) is 0 Å². The van der Waals surface area contributed by atoms with E-state index in [0.717, 1.165) is 44.2 Å². The highest BCUT2D eigenvalue weighted by Crippen LogP contribution is 2.23. The van der Waals surface area contributed by atoms with Gasteiger partial charge in [0.25, 0.3) is 0 Å². The Kier molecular flexibility index (Phi) is 4.83. The summed E-state index contributed by atoms with van der Waals surface area (Å²) in [5.41, 5.74) is 1.87. The molecule has 2 rings (SSSR count). The van der Waals surface area contributed by atoms with Gasteiger partial charge >= 0.3 is 0 Å². The van der Waals surface area contributed by atoms with Crippen molar-refractivity contribution in [3.05, 3.63) is 17.5 Å². The third-order valence-corrected chi connectivity index (χ3v) is 4.33. The molecular weight excluding hydrogens is 254 g/mol. The van der Waals surface area contributed by atoms with Crippen molar-refractivity contribution in [3.8, 4) is 0 Å². The zero-order valence-corrected chi connectivity index (χ0v) is 13.1. The van der Waals surface area contributed by atoms with Crippen LogP contribution in [0.15, 0.2) is 6.07 Å². The number of rotatable bonds is 5. The Morgan fingerprint density at radius 3 is 2.65 bits per heavy atom. The molecule has 1 atom stereocenters. The second-order valence-electron chi connectivity index (χ2n) is 6.07. The van der Waals surface area contributed by atoms with E-state index in [-0.39, 0.29) is 5.54 Å². The van der Waals surface area contributed by atoms with Crippen LogP contribution >= 0.6 is 0 Å². The summed E-state index contributed by atoms with van der Waals surface area (Å²) in [6.45, 7) is 12.4. The highest BCUT2D eigenvalue weighted by atomic mass is 16.5. The summed E-state index contributed by atoms with van der Waals surface area (Å²) in [7, 11) is 0. The van der Waals surface area contributed by atoms with Gasteiger partial charge < -0.3 is 9.84 Å². The van der Waals surface area contributed by atoms with E-state index in [1.54, 1.807) is 0 Å². The molecule has 1 aliphatic rings. The number of nitrogens with zero attached hydrogens (tertiary/aromatic N) is 3. The first-order valence-corrected chi connectivity index (χ1v) is 7.49. The summed E-state index contributed by atoms with van der Waals surface area (Å²) in [6, 6.07) is 2.07. The topological polar surface area (TPSA) is 50.5 Å². The molecule has 5 heteroatoms. The number of hydrogen-bond donors (Lipinski definition) is 1. The minimum atomic E-state index is -0.415. The molecule has 5 nitrogen and oxygen atoms in total. The van der Waals surface area contributed by atoms with Crippen LogP contribution in [0.1, 0.15) is 32.2 Å². The van der Waals surface area contributed by atoms with Gasteiger partial charge in [-0.05, 0) is 33.8 Å². The largest absolute Gasteiger partial charge is 0.391 e. The first-order chi connectivity index (χ1) is 9.45. The SMILES string of the molecule is CCn1nc(C)cc1CC(O)C(C)(C)N1CCOCC1. The molecule has 0 amide bonds. The summed E-state index contributed by atoms with van der Waals surface area (Å²) in [6.07, 6.45) is 0.223. The maximum atomic E-state index is 10.7. The maximum Gasteiger partial charge on any atom is 0.0773 e. The van der Waals surface area contributed by atoms with Gasteiger partial charge in [0.05, 0.1) is 25.0 Å². The van der Waals surface area contributed by atoms with Gasteiger partial charge in [0.15, 0.2) is 0 Å². The third-order valence-electron chi connectivity index (χ3n) is 4.33. The van der Waals surface area contributed by atoms with E-state index in [4.69, 9.17) is 4.74 Å². The van der Waals surface area contributed by atoms with Crippen molar-refractivity contribution >= 4 is 0 Å². The molecule has 0 aliphatic carbocycles.